The summed E-state index contributed by atoms with van der Waals surface area (Å²) < 4.78 is 5.83. The van der Waals surface area contributed by atoms with Crippen LogP contribution in [0.1, 0.15) is 26.3 Å². The summed E-state index contributed by atoms with van der Waals surface area (Å²) in [7, 11) is 0. The minimum atomic E-state index is 0.297. The van der Waals surface area contributed by atoms with E-state index in [9.17, 15) is 0 Å². The molecule has 0 radical (unpaired) electrons. The second-order valence-electron chi connectivity index (χ2n) is 5.80. The van der Waals surface area contributed by atoms with Crippen LogP contribution in [0.3, 0.4) is 0 Å². The average molecular weight is 240 g/mol. The number of benzene rings is 2. The zero-order chi connectivity index (χ0) is 13.0. The van der Waals surface area contributed by atoms with Crippen LogP contribution in [0.25, 0.3) is 0 Å². The first-order valence-electron chi connectivity index (χ1n) is 6.35. The Hall–Kier alpha value is -1.76. The molecule has 0 unspecified atom stereocenters. The van der Waals surface area contributed by atoms with Gasteiger partial charge < -0.3 is 4.74 Å². The molecular formula is C17H20O. The Kier molecular flexibility index (Phi) is 3.71. The Balaban J connectivity index is 2.13. The molecule has 0 aliphatic heterocycles. The van der Waals surface area contributed by atoms with E-state index in [1.807, 2.05) is 36.4 Å². The Morgan fingerprint density at radius 2 is 1.50 bits per heavy atom. The molecule has 0 spiro atoms. The van der Waals surface area contributed by atoms with Crippen LogP contribution in [0.2, 0.25) is 0 Å². The van der Waals surface area contributed by atoms with E-state index in [1.165, 1.54) is 5.56 Å². The number of hydrogen-bond donors (Lipinski definition) is 0. The average Bonchev–Trinajstić information content (AvgIpc) is 2.28. The normalized spacial score (nSPS) is 11.3. The summed E-state index contributed by atoms with van der Waals surface area (Å²) in [6.07, 6.45) is 1.05. The van der Waals surface area contributed by atoms with Crippen LogP contribution in [-0.2, 0) is 6.42 Å². The van der Waals surface area contributed by atoms with E-state index in [2.05, 4.69) is 39.0 Å². The number of para-hydroxylation sites is 1. The van der Waals surface area contributed by atoms with Crippen molar-refractivity contribution in [3.8, 4) is 11.5 Å². The van der Waals surface area contributed by atoms with Crippen LogP contribution in [0.4, 0.5) is 0 Å². The van der Waals surface area contributed by atoms with E-state index < -0.39 is 0 Å². The molecule has 1 heteroatoms. The van der Waals surface area contributed by atoms with Gasteiger partial charge in [-0.1, -0.05) is 51.1 Å². The lowest BCUT2D eigenvalue weighted by Gasteiger charge is -2.18. The van der Waals surface area contributed by atoms with Crippen molar-refractivity contribution < 1.29 is 4.74 Å². The van der Waals surface area contributed by atoms with E-state index in [0.29, 0.717) is 5.41 Å². The molecule has 0 aromatic heterocycles. The van der Waals surface area contributed by atoms with Crippen molar-refractivity contribution in [1.29, 1.82) is 0 Å². The van der Waals surface area contributed by atoms with Crippen molar-refractivity contribution in [3.05, 3.63) is 60.2 Å². The molecule has 0 saturated carbocycles. The zero-order valence-electron chi connectivity index (χ0n) is 11.3. The first-order valence-corrected chi connectivity index (χ1v) is 6.35. The third kappa shape index (κ3) is 3.92. The smallest absolute Gasteiger partial charge is 0.127 e. The highest BCUT2D eigenvalue weighted by atomic mass is 16.5. The van der Waals surface area contributed by atoms with E-state index in [1.54, 1.807) is 0 Å². The summed E-state index contributed by atoms with van der Waals surface area (Å²) in [6, 6.07) is 18.2. The lowest BCUT2D eigenvalue weighted by molar-refractivity contribution is 0.409. The summed E-state index contributed by atoms with van der Waals surface area (Å²) in [6.45, 7) is 6.74. The lowest BCUT2D eigenvalue weighted by Crippen LogP contribution is -2.08. The summed E-state index contributed by atoms with van der Waals surface area (Å²) in [5, 5.41) is 0. The lowest BCUT2D eigenvalue weighted by atomic mass is 9.88. The Morgan fingerprint density at radius 1 is 0.833 bits per heavy atom. The van der Waals surface area contributed by atoms with Crippen molar-refractivity contribution in [2.24, 2.45) is 5.41 Å². The van der Waals surface area contributed by atoms with Gasteiger partial charge in [-0.25, -0.2) is 0 Å². The van der Waals surface area contributed by atoms with Gasteiger partial charge in [0.05, 0.1) is 0 Å². The van der Waals surface area contributed by atoms with Crippen molar-refractivity contribution in [1.82, 2.24) is 0 Å². The number of hydrogen-bond acceptors (Lipinski definition) is 1. The summed E-state index contributed by atoms with van der Waals surface area (Å²) in [5.74, 6) is 1.79. The van der Waals surface area contributed by atoms with Crippen LogP contribution in [0.5, 0.6) is 11.5 Å². The Bertz CT molecular complexity index is 495. The Morgan fingerprint density at radius 3 is 2.17 bits per heavy atom. The maximum atomic E-state index is 5.83. The van der Waals surface area contributed by atoms with Crippen LogP contribution in [0, 0.1) is 5.41 Å². The molecule has 0 aliphatic carbocycles. The fourth-order valence-corrected chi connectivity index (χ4v) is 1.96. The molecule has 1 nitrogen and oxygen atoms in total. The van der Waals surface area contributed by atoms with Gasteiger partial charge in [-0.3, -0.25) is 0 Å². The molecule has 0 bridgehead atoms. The molecule has 18 heavy (non-hydrogen) atoms. The van der Waals surface area contributed by atoms with Gasteiger partial charge >= 0.3 is 0 Å². The molecule has 0 saturated heterocycles. The fourth-order valence-electron chi connectivity index (χ4n) is 1.96. The largest absolute Gasteiger partial charge is 0.457 e. The molecule has 0 N–H and O–H groups in total. The minimum Gasteiger partial charge on any atom is -0.457 e. The van der Waals surface area contributed by atoms with Gasteiger partial charge in [0.15, 0.2) is 0 Å². The van der Waals surface area contributed by atoms with Gasteiger partial charge in [0.2, 0.25) is 0 Å². The predicted octanol–water partition coefficient (Wildman–Crippen LogP) is 5.07. The molecule has 0 aliphatic rings. The molecule has 94 valence electrons. The first-order chi connectivity index (χ1) is 8.53. The minimum absolute atomic E-state index is 0.297. The highest BCUT2D eigenvalue weighted by Gasteiger charge is 2.11. The van der Waals surface area contributed by atoms with Crippen LogP contribution in [0.15, 0.2) is 54.6 Å². The molecule has 2 aromatic rings. The van der Waals surface area contributed by atoms with Crippen molar-refractivity contribution in [2.75, 3.05) is 0 Å². The quantitative estimate of drug-likeness (QED) is 0.728. The SMILES string of the molecule is CC(C)(C)Cc1cccc(Oc2ccccc2)c1. The number of ether oxygens (including phenoxy) is 1. The molecule has 2 aromatic carbocycles. The summed E-state index contributed by atoms with van der Waals surface area (Å²) in [5.41, 5.74) is 1.61. The third-order valence-electron chi connectivity index (χ3n) is 2.61. The fraction of sp³-hybridized carbons (Fsp3) is 0.294. The van der Waals surface area contributed by atoms with Gasteiger partial charge in [0, 0.05) is 0 Å². The van der Waals surface area contributed by atoms with Gasteiger partial charge in [0.1, 0.15) is 11.5 Å². The van der Waals surface area contributed by atoms with Crippen molar-refractivity contribution in [2.45, 2.75) is 27.2 Å². The molecular weight excluding hydrogens is 220 g/mol. The molecule has 2 rings (SSSR count). The molecule has 0 heterocycles. The third-order valence-corrected chi connectivity index (χ3v) is 2.61. The van der Waals surface area contributed by atoms with Crippen LogP contribution in [-0.4, -0.2) is 0 Å². The molecule has 0 fully saturated rings. The standard InChI is InChI=1S/C17H20O/c1-17(2,3)13-14-8-7-11-16(12-14)18-15-9-5-4-6-10-15/h4-12H,13H2,1-3H3. The van der Waals surface area contributed by atoms with Gasteiger partial charge in [-0.2, -0.15) is 0 Å². The van der Waals surface area contributed by atoms with Crippen LogP contribution >= 0.6 is 0 Å². The summed E-state index contributed by atoms with van der Waals surface area (Å²) >= 11 is 0. The maximum Gasteiger partial charge on any atom is 0.127 e. The number of rotatable bonds is 3. The van der Waals surface area contributed by atoms with Gasteiger partial charge in [0.25, 0.3) is 0 Å². The van der Waals surface area contributed by atoms with Crippen LogP contribution < -0.4 is 4.74 Å². The first kappa shape index (κ1) is 12.7. The monoisotopic (exact) mass is 240 g/mol. The zero-order valence-corrected chi connectivity index (χ0v) is 11.3. The van der Waals surface area contributed by atoms with E-state index in [0.717, 1.165) is 17.9 Å². The second kappa shape index (κ2) is 5.26. The molecule has 0 amide bonds. The van der Waals surface area contributed by atoms with Crippen molar-refractivity contribution in [3.63, 3.8) is 0 Å². The highest BCUT2D eigenvalue weighted by molar-refractivity contribution is 5.34. The van der Waals surface area contributed by atoms with E-state index >= 15 is 0 Å². The second-order valence-corrected chi connectivity index (χ2v) is 5.80. The molecule has 0 atom stereocenters. The maximum absolute atomic E-state index is 5.83. The van der Waals surface area contributed by atoms with E-state index in [4.69, 9.17) is 4.74 Å². The Labute approximate surface area is 109 Å². The van der Waals surface area contributed by atoms with E-state index in [-0.39, 0.29) is 0 Å². The topological polar surface area (TPSA) is 9.23 Å². The van der Waals surface area contributed by atoms with Gasteiger partial charge in [-0.05, 0) is 41.7 Å². The van der Waals surface area contributed by atoms with Crippen molar-refractivity contribution >= 4 is 0 Å². The van der Waals surface area contributed by atoms with Gasteiger partial charge in [-0.15, -0.1) is 0 Å². The summed E-state index contributed by atoms with van der Waals surface area (Å²) in [4.78, 5) is 0. The highest BCUT2D eigenvalue weighted by Crippen LogP contribution is 2.25. The predicted molar refractivity (Wildman–Crippen MR) is 76.1 cm³/mol.